The van der Waals surface area contributed by atoms with Crippen molar-refractivity contribution in [3.8, 4) is 17.6 Å². The molecule has 0 atom stereocenters. The second-order valence-corrected chi connectivity index (χ2v) is 9.17. The summed E-state index contributed by atoms with van der Waals surface area (Å²) in [5.74, 6) is 2.14. The number of imidazole rings is 1. The molecule has 11 heteroatoms. The van der Waals surface area contributed by atoms with Crippen molar-refractivity contribution in [2.45, 2.75) is 35.9 Å². The first-order valence-electron chi connectivity index (χ1n) is 10.9. The number of rotatable bonds is 6. The van der Waals surface area contributed by atoms with Crippen molar-refractivity contribution >= 4 is 35.2 Å². The Bertz CT molecular complexity index is 1230. The third kappa shape index (κ3) is 4.39. The molecule has 4 heterocycles. The molecule has 1 aromatic carbocycles. The molecule has 2 aliphatic heterocycles. The lowest BCUT2D eigenvalue weighted by atomic mass is 9.94. The van der Waals surface area contributed by atoms with E-state index in [1.807, 2.05) is 15.5 Å². The summed E-state index contributed by atoms with van der Waals surface area (Å²) in [6.07, 6.45) is 5.65. The minimum Gasteiger partial charge on any atom is -0.486 e. The number of aromatic amines is 1. The summed E-state index contributed by atoms with van der Waals surface area (Å²) >= 11 is 1.34. The smallest absolute Gasteiger partial charge is 0.294 e. The van der Waals surface area contributed by atoms with Crippen LogP contribution < -0.4 is 19.8 Å². The number of amides is 1. The first kappa shape index (κ1) is 21.3. The van der Waals surface area contributed by atoms with Gasteiger partial charge in [-0.2, -0.15) is 5.26 Å². The zero-order valence-corrected chi connectivity index (χ0v) is 18.8. The molecule has 0 spiro atoms. The Morgan fingerprint density at radius 1 is 1.30 bits per heavy atom. The normalized spacial score (nSPS) is 16.0. The standard InChI is InChI=1S/C22H23N7O3S/c23-11-15-9-16-17(32-8-7-31-16)10-18(15)33-22-26-19-20(24)25-12-29(21(19)27-22)6-3-14-1-4-28(13-30)5-2-14/h9-10,12-14H,1-8H2,(H2,24,26,27)/p+1. The number of fused-ring (bicyclic) bond motifs is 2. The maximum atomic E-state index is 10.9. The maximum Gasteiger partial charge on any atom is 0.294 e. The lowest BCUT2D eigenvalue weighted by molar-refractivity contribution is -0.677. The summed E-state index contributed by atoms with van der Waals surface area (Å²) in [6, 6.07) is 5.73. The van der Waals surface area contributed by atoms with Crippen LogP contribution in [0.25, 0.3) is 11.2 Å². The molecule has 0 aliphatic carbocycles. The molecule has 5 rings (SSSR count). The van der Waals surface area contributed by atoms with Gasteiger partial charge in [0.25, 0.3) is 5.65 Å². The topological polar surface area (TPSA) is 134 Å². The number of hydrogen-bond acceptors (Lipinski definition) is 8. The third-order valence-corrected chi connectivity index (χ3v) is 7.02. The predicted molar refractivity (Wildman–Crippen MR) is 120 cm³/mol. The molecule has 0 radical (unpaired) electrons. The van der Waals surface area contributed by atoms with Gasteiger partial charge in [0.05, 0.1) is 12.1 Å². The van der Waals surface area contributed by atoms with E-state index in [-0.39, 0.29) is 0 Å². The second kappa shape index (κ2) is 9.15. The molecule has 0 bridgehead atoms. The molecular weight excluding hydrogens is 442 g/mol. The van der Waals surface area contributed by atoms with Gasteiger partial charge >= 0.3 is 0 Å². The lowest BCUT2D eigenvalue weighted by Crippen LogP contribution is -2.38. The van der Waals surface area contributed by atoms with Crippen molar-refractivity contribution < 1.29 is 18.8 Å². The summed E-state index contributed by atoms with van der Waals surface area (Å²) in [5, 5.41) is 10.2. The monoisotopic (exact) mass is 466 g/mol. The number of nitriles is 1. The van der Waals surface area contributed by atoms with Crippen molar-refractivity contribution in [1.82, 2.24) is 19.9 Å². The van der Waals surface area contributed by atoms with Gasteiger partial charge in [-0.15, -0.1) is 0 Å². The Morgan fingerprint density at radius 2 is 2.06 bits per heavy atom. The summed E-state index contributed by atoms with van der Waals surface area (Å²) in [4.78, 5) is 25.8. The number of likely N-dealkylation sites (tertiary alicyclic amines) is 1. The van der Waals surface area contributed by atoms with Crippen LogP contribution in [0.1, 0.15) is 24.8 Å². The number of ether oxygens (including phenoxy) is 2. The fourth-order valence-electron chi connectivity index (χ4n) is 4.21. The molecule has 10 nitrogen and oxygen atoms in total. The second-order valence-electron chi connectivity index (χ2n) is 8.14. The van der Waals surface area contributed by atoms with Crippen LogP contribution >= 0.6 is 11.8 Å². The minimum absolute atomic E-state index is 0.377. The number of carbonyl (C=O) groups excluding carboxylic acids is 1. The quantitative estimate of drug-likeness (QED) is 0.415. The Labute approximate surface area is 194 Å². The Kier molecular flexibility index (Phi) is 5.92. The third-order valence-electron chi connectivity index (χ3n) is 6.08. The van der Waals surface area contributed by atoms with Crippen LogP contribution in [0.4, 0.5) is 5.82 Å². The van der Waals surface area contributed by atoms with E-state index < -0.39 is 0 Å². The molecule has 2 aliphatic rings. The number of piperidine rings is 1. The van der Waals surface area contributed by atoms with Gasteiger partial charge in [0, 0.05) is 24.1 Å². The summed E-state index contributed by atoms with van der Waals surface area (Å²) in [6.45, 7) is 3.33. The van der Waals surface area contributed by atoms with E-state index in [0.717, 1.165) is 55.8 Å². The first-order valence-corrected chi connectivity index (χ1v) is 11.7. The number of H-pyrrole nitrogens is 1. The fraction of sp³-hybridized carbons (Fsp3) is 0.409. The van der Waals surface area contributed by atoms with Crippen molar-refractivity contribution in [3.05, 3.63) is 24.0 Å². The first-order chi connectivity index (χ1) is 16.1. The van der Waals surface area contributed by atoms with Crippen LogP contribution in [0.15, 0.2) is 28.5 Å². The van der Waals surface area contributed by atoms with E-state index in [1.54, 1.807) is 12.4 Å². The SMILES string of the molecule is N#Cc1cc2c(cc1Sc1nc3c([nH]1)c(N)nc[n+]3CCC1CCN(C=O)CC1)OCCO2. The highest BCUT2D eigenvalue weighted by molar-refractivity contribution is 7.99. The van der Waals surface area contributed by atoms with Crippen LogP contribution in [-0.2, 0) is 11.3 Å². The number of aromatic nitrogens is 4. The van der Waals surface area contributed by atoms with E-state index in [9.17, 15) is 10.1 Å². The molecule has 0 saturated carbocycles. The summed E-state index contributed by atoms with van der Waals surface area (Å²) in [7, 11) is 0. The molecule has 33 heavy (non-hydrogen) atoms. The highest BCUT2D eigenvalue weighted by Gasteiger charge is 2.24. The van der Waals surface area contributed by atoms with Gasteiger partial charge in [0.2, 0.25) is 23.7 Å². The minimum atomic E-state index is 0.377. The molecule has 1 fully saturated rings. The summed E-state index contributed by atoms with van der Waals surface area (Å²) < 4.78 is 13.3. The van der Waals surface area contributed by atoms with E-state index in [2.05, 4.69) is 16.0 Å². The molecule has 3 aromatic rings. The van der Waals surface area contributed by atoms with Gasteiger partial charge in [-0.1, -0.05) is 9.97 Å². The van der Waals surface area contributed by atoms with E-state index in [1.165, 1.54) is 11.8 Å². The number of aryl methyl sites for hydroxylation is 1. The van der Waals surface area contributed by atoms with E-state index in [0.29, 0.717) is 52.7 Å². The van der Waals surface area contributed by atoms with Crippen molar-refractivity contribution in [2.75, 3.05) is 32.0 Å². The lowest BCUT2D eigenvalue weighted by Gasteiger charge is -2.28. The van der Waals surface area contributed by atoms with Crippen LogP contribution in [0.5, 0.6) is 11.5 Å². The molecule has 3 N–H and O–H groups in total. The number of carbonyl (C=O) groups is 1. The number of nitrogen functional groups attached to an aromatic ring is 1. The number of nitrogens with one attached hydrogen (secondary N) is 1. The van der Waals surface area contributed by atoms with Crippen molar-refractivity contribution in [3.63, 3.8) is 0 Å². The molecular formula is C22H24N7O3S+. The van der Waals surface area contributed by atoms with Gasteiger partial charge in [0.1, 0.15) is 19.3 Å². The number of anilines is 1. The molecule has 2 aromatic heterocycles. The van der Waals surface area contributed by atoms with Gasteiger partial charge in [-0.3, -0.25) is 4.79 Å². The van der Waals surface area contributed by atoms with Crippen LogP contribution in [-0.4, -0.2) is 52.6 Å². The Balaban J connectivity index is 1.37. The molecule has 1 saturated heterocycles. The zero-order valence-electron chi connectivity index (χ0n) is 18.0. The summed E-state index contributed by atoms with van der Waals surface area (Å²) in [5.41, 5.74) is 8.01. The molecule has 170 valence electrons. The van der Waals surface area contributed by atoms with Crippen LogP contribution in [0.2, 0.25) is 0 Å². The van der Waals surface area contributed by atoms with Gasteiger partial charge in [-0.05, 0) is 43.0 Å². The highest BCUT2D eigenvalue weighted by Crippen LogP contribution is 2.39. The van der Waals surface area contributed by atoms with E-state index >= 15 is 0 Å². The highest BCUT2D eigenvalue weighted by atomic mass is 32.2. The van der Waals surface area contributed by atoms with Gasteiger partial charge in [0.15, 0.2) is 17.0 Å². The van der Waals surface area contributed by atoms with Crippen molar-refractivity contribution in [2.24, 2.45) is 5.92 Å². The number of benzene rings is 1. The Morgan fingerprint density at radius 3 is 2.79 bits per heavy atom. The molecule has 0 unspecified atom stereocenters. The average Bonchev–Trinajstić information content (AvgIpc) is 3.28. The average molecular weight is 467 g/mol. The zero-order chi connectivity index (χ0) is 22.8. The van der Waals surface area contributed by atoms with Crippen LogP contribution in [0, 0.1) is 17.2 Å². The maximum absolute atomic E-state index is 10.9. The van der Waals surface area contributed by atoms with Crippen LogP contribution in [0.3, 0.4) is 0 Å². The molecule has 1 amide bonds. The van der Waals surface area contributed by atoms with Gasteiger partial charge in [-0.25, -0.2) is 4.57 Å². The van der Waals surface area contributed by atoms with Crippen molar-refractivity contribution in [1.29, 1.82) is 5.26 Å². The van der Waals surface area contributed by atoms with E-state index in [4.69, 9.17) is 20.2 Å². The number of nitrogens with zero attached hydrogens (tertiary/aromatic N) is 5. The fourth-order valence-corrected chi connectivity index (χ4v) is 5.08. The number of nitrogens with two attached hydrogens (primary N) is 1. The number of hydrogen-bond donors (Lipinski definition) is 2. The van der Waals surface area contributed by atoms with Gasteiger partial charge < -0.3 is 25.1 Å². The largest absolute Gasteiger partial charge is 0.486 e. The predicted octanol–water partition coefficient (Wildman–Crippen LogP) is 1.88. The Hall–Kier alpha value is -3.52.